The van der Waals surface area contributed by atoms with Crippen LogP contribution < -0.4 is 10.6 Å². The highest BCUT2D eigenvalue weighted by molar-refractivity contribution is 5.19. The molecule has 0 unspecified atom stereocenters. The lowest BCUT2D eigenvalue weighted by Gasteiger charge is -2.32. The molecule has 1 aromatic rings. The van der Waals surface area contributed by atoms with E-state index < -0.39 is 5.60 Å². The van der Waals surface area contributed by atoms with Crippen molar-refractivity contribution in [3.05, 3.63) is 5.89 Å². The summed E-state index contributed by atoms with van der Waals surface area (Å²) in [6.45, 7) is 2.05. The van der Waals surface area contributed by atoms with Crippen molar-refractivity contribution < 1.29 is 9.52 Å². The molecule has 0 bridgehead atoms. The van der Waals surface area contributed by atoms with Crippen molar-refractivity contribution in [3.8, 4) is 0 Å². The molecule has 1 aromatic heterocycles. The van der Waals surface area contributed by atoms with Gasteiger partial charge in [-0.2, -0.15) is 0 Å². The zero-order chi connectivity index (χ0) is 12.4. The van der Waals surface area contributed by atoms with Crippen LogP contribution in [0.2, 0.25) is 0 Å². The Morgan fingerprint density at radius 2 is 2.28 bits per heavy atom. The maximum atomic E-state index is 10.3. The average molecular weight is 252 g/mol. The molecular formula is C12H20N4O2. The summed E-state index contributed by atoms with van der Waals surface area (Å²) >= 11 is 0. The van der Waals surface area contributed by atoms with E-state index in [-0.39, 0.29) is 0 Å². The fourth-order valence-electron chi connectivity index (χ4n) is 2.47. The van der Waals surface area contributed by atoms with Gasteiger partial charge < -0.3 is 20.2 Å². The zero-order valence-electron chi connectivity index (χ0n) is 10.5. The summed E-state index contributed by atoms with van der Waals surface area (Å²) in [5, 5.41) is 24.6. The molecule has 2 aliphatic rings. The fourth-order valence-corrected chi connectivity index (χ4v) is 2.47. The van der Waals surface area contributed by atoms with Crippen LogP contribution in [-0.2, 0) is 0 Å². The third kappa shape index (κ3) is 2.49. The van der Waals surface area contributed by atoms with Crippen LogP contribution in [-0.4, -0.2) is 40.5 Å². The molecular weight excluding hydrogens is 232 g/mol. The maximum Gasteiger partial charge on any atom is 0.315 e. The number of hydrogen-bond acceptors (Lipinski definition) is 6. The predicted octanol–water partition coefficient (Wildman–Crippen LogP) is 0.863. The van der Waals surface area contributed by atoms with Crippen LogP contribution >= 0.6 is 0 Å². The Balaban J connectivity index is 1.54. The van der Waals surface area contributed by atoms with Gasteiger partial charge in [-0.1, -0.05) is 11.5 Å². The average Bonchev–Trinajstić information content (AvgIpc) is 2.74. The largest absolute Gasteiger partial charge is 0.408 e. The molecule has 3 N–H and O–H groups in total. The molecule has 18 heavy (non-hydrogen) atoms. The Labute approximate surface area is 106 Å². The first kappa shape index (κ1) is 11.9. The lowest BCUT2D eigenvalue weighted by atomic mass is 9.85. The number of hydrogen-bond donors (Lipinski definition) is 3. The first-order valence-electron chi connectivity index (χ1n) is 6.76. The smallest absolute Gasteiger partial charge is 0.315 e. The second-order valence-corrected chi connectivity index (χ2v) is 5.43. The van der Waals surface area contributed by atoms with Gasteiger partial charge in [0.1, 0.15) is 0 Å². The summed E-state index contributed by atoms with van der Waals surface area (Å²) in [7, 11) is 0. The van der Waals surface area contributed by atoms with Crippen molar-refractivity contribution in [1.82, 2.24) is 15.5 Å². The first-order chi connectivity index (χ1) is 8.75. The van der Waals surface area contributed by atoms with Crippen LogP contribution in [0.1, 0.15) is 43.9 Å². The normalized spacial score (nSPS) is 28.9. The third-order valence-corrected chi connectivity index (χ3v) is 3.91. The molecule has 2 fully saturated rings. The van der Waals surface area contributed by atoms with E-state index in [9.17, 15) is 5.11 Å². The molecule has 0 amide bonds. The summed E-state index contributed by atoms with van der Waals surface area (Å²) in [4.78, 5) is 0. The van der Waals surface area contributed by atoms with Crippen molar-refractivity contribution >= 4 is 6.01 Å². The van der Waals surface area contributed by atoms with E-state index in [1.807, 2.05) is 0 Å². The van der Waals surface area contributed by atoms with E-state index in [1.54, 1.807) is 0 Å². The summed E-state index contributed by atoms with van der Waals surface area (Å²) in [6.07, 6.45) is 5.35. The van der Waals surface area contributed by atoms with Gasteiger partial charge in [0.25, 0.3) is 0 Å². The van der Waals surface area contributed by atoms with Crippen molar-refractivity contribution in [3.63, 3.8) is 0 Å². The number of nitrogens with zero attached hydrogens (tertiary/aromatic N) is 2. The number of aromatic nitrogens is 2. The Kier molecular flexibility index (Phi) is 3.22. The van der Waals surface area contributed by atoms with Gasteiger partial charge in [0.05, 0.1) is 5.60 Å². The second kappa shape index (κ2) is 4.85. The highest BCUT2D eigenvalue weighted by Gasteiger charge is 2.30. The van der Waals surface area contributed by atoms with Crippen molar-refractivity contribution in [2.45, 2.75) is 43.6 Å². The monoisotopic (exact) mass is 252 g/mol. The minimum absolute atomic E-state index is 0.427. The summed E-state index contributed by atoms with van der Waals surface area (Å²) in [5.74, 6) is 1.19. The highest BCUT2D eigenvalue weighted by Crippen LogP contribution is 2.35. The molecule has 1 saturated heterocycles. The number of rotatable bonds is 4. The molecule has 1 atom stereocenters. The summed E-state index contributed by atoms with van der Waals surface area (Å²) in [6, 6.07) is 0.427. The Bertz CT molecular complexity index is 397. The molecule has 1 aliphatic heterocycles. The van der Waals surface area contributed by atoms with E-state index in [0.29, 0.717) is 25.0 Å². The van der Waals surface area contributed by atoms with E-state index in [0.717, 1.165) is 38.1 Å². The molecule has 6 nitrogen and oxygen atoms in total. The van der Waals surface area contributed by atoms with Crippen molar-refractivity contribution in [1.29, 1.82) is 0 Å². The highest BCUT2D eigenvalue weighted by atomic mass is 16.4. The third-order valence-electron chi connectivity index (χ3n) is 3.91. The van der Waals surface area contributed by atoms with Gasteiger partial charge in [-0.15, -0.1) is 5.10 Å². The van der Waals surface area contributed by atoms with Crippen LogP contribution in [0.25, 0.3) is 0 Å². The van der Waals surface area contributed by atoms with Gasteiger partial charge in [-0.25, -0.2) is 0 Å². The van der Waals surface area contributed by atoms with Crippen LogP contribution in [0.3, 0.4) is 0 Å². The maximum absolute atomic E-state index is 10.3. The van der Waals surface area contributed by atoms with Gasteiger partial charge in [-0.05, 0) is 32.2 Å². The Hall–Kier alpha value is -1.14. The summed E-state index contributed by atoms with van der Waals surface area (Å²) in [5.41, 5.74) is -0.705. The number of aliphatic hydroxyl groups is 1. The zero-order valence-corrected chi connectivity index (χ0v) is 10.5. The molecule has 0 aromatic carbocycles. The molecule has 100 valence electrons. The number of β-amino-alcohol motifs (C(OH)–C–C–N with tert-alkyl or cyclic N) is 1. The molecule has 6 heteroatoms. The minimum Gasteiger partial charge on any atom is -0.408 e. The Morgan fingerprint density at radius 1 is 1.39 bits per heavy atom. The van der Waals surface area contributed by atoms with Crippen LogP contribution in [0.15, 0.2) is 4.42 Å². The number of anilines is 1. The van der Waals surface area contributed by atoms with Gasteiger partial charge in [0.15, 0.2) is 0 Å². The predicted molar refractivity (Wildman–Crippen MR) is 66.4 cm³/mol. The van der Waals surface area contributed by atoms with Crippen molar-refractivity contribution in [2.75, 3.05) is 25.0 Å². The lowest BCUT2D eigenvalue weighted by molar-refractivity contribution is 0.0287. The fraction of sp³-hybridized carbons (Fsp3) is 0.833. The molecule has 1 saturated carbocycles. The Morgan fingerprint density at radius 3 is 2.94 bits per heavy atom. The van der Waals surface area contributed by atoms with Crippen LogP contribution in [0.5, 0.6) is 0 Å². The van der Waals surface area contributed by atoms with E-state index in [4.69, 9.17) is 4.42 Å². The molecule has 0 radical (unpaired) electrons. The molecule has 0 spiro atoms. The van der Waals surface area contributed by atoms with E-state index in [1.165, 1.54) is 6.42 Å². The topological polar surface area (TPSA) is 83.2 Å². The van der Waals surface area contributed by atoms with Gasteiger partial charge in [0, 0.05) is 19.0 Å². The molecule has 3 rings (SSSR count). The summed E-state index contributed by atoms with van der Waals surface area (Å²) < 4.78 is 5.56. The molecule has 2 heterocycles. The first-order valence-corrected chi connectivity index (χ1v) is 6.76. The minimum atomic E-state index is -0.705. The van der Waals surface area contributed by atoms with Gasteiger partial charge >= 0.3 is 6.01 Å². The van der Waals surface area contributed by atoms with Gasteiger partial charge in [-0.3, -0.25) is 0 Å². The molecule has 1 aliphatic carbocycles. The van der Waals surface area contributed by atoms with Gasteiger partial charge in [0.2, 0.25) is 5.89 Å². The standard InChI is InChI=1S/C12H20N4O2/c17-12(5-2-6-13-7-12)8-14-11-16-15-10(18-11)9-3-1-4-9/h9,13,17H,1-8H2,(H,14,16)/t12-/m0/s1. The quantitative estimate of drug-likeness (QED) is 0.737. The number of piperidine rings is 1. The van der Waals surface area contributed by atoms with Crippen LogP contribution in [0.4, 0.5) is 6.01 Å². The SMILES string of the molecule is O[C@@]1(CNc2nnc(C3CCC3)o2)CCCNC1. The van der Waals surface area contributed by atoms with E-state index >= 15 is 0 Å². The number of nitrogens with one attached hydrogen (secondary N) is 2. The van der Waals surface area contributed by atoms with Crippen molar-refractivity contribution in [2.24, 2.45) is 0 Å². The lowest BCUT2D eigenvalue weighted by Crippen LogP contribution is -2.50. The second-order valence-electron chi connectivity index (χ2n) is 5.43. The van der Waals surface area contributed by atoms with E-state index in [2.05, 4.69) is 20.8 Å². The van der Waals surface area contributed by atoms with Crippen LogP contribution in [0, 0.1) is 0 Å².